The summed E-state index contributed by atoms with van der Waals surface area (Å²) in [6, 6.07) is -1.09. The fraction of sp³-hybridized carbons (Fsp3) is 0.583. The van der Waals surface area contributed by atoms with Crippen molar-refractivity contribution in [3.05, 3.63) is 21.5 Å². The predicted molar refractivity (Wildman–Crippen MR) is 73.0 cm³/mol. The molecule has 9 heteroatoms. The van der Waals surface area contributed by atoms with Crippen molar-refractivity contribution in [2.45, 2.75) is 45.6 Å². The number of H-pyrrole nitrogens is 1. The maximum absolute atomic E-state index is 12.0. The summed E-state index contributed by atoms with van der Waals surface area (Å²) in [5, 5.41) is 28.5. The van der Waals surface area contributed by atoms with Gasteiger partial charge < -0.3 is 10.4 Å². The van der Waals surface area contributed by atoms with Gasteiger partial charge in [0.2, 0.25) is 5.69 Å². The van der Waals surface area contributed by atoms with Crippen LogP contribution in [0.5, 0.6) is 0 Å². The molecule has 1 aromatic rings. The zero-order valence-corrected chi connectivity index (χ0v) is 11.9. The lowest BCUT2D eigenvalue weighted by atomic mass is 10.1. The molecule has 3 N–H and O–H groups in total. The maximum Gasteiger partial charge on any atom is 0.326 e. The molecule has 0 bridgehead atoms. The third kappa shape index (κ3) is 4.01. The topological polar surface area (TPSA) is 138 Å². The number of aliphatic carboxylic acids is 1. The van der Waals surface area contributed by atoms with E-state index in [-0.39, 0.29) is 17.8 Å². The van der Waals surface area contributed by atoms with Crippen LogP contribution in [0.25, 0.3) is 0 Å². The van der Waals surface area contributed by atoms with Crippen LogP contribution in [0.15, 0.2) is 0 Å². The average Bonchev–Trinajstić information content (AvgIpc) is 2.82. The molecule has 1 amide bonds. The molecule has 9 nitrogen and oxygen atoms in total. The van der Waals surface area contributed by atoms with Crippen molar-refractivity contribution in [1.29, 1.82) is 0 Å². The molecule has 0 aliphatic rings. The minimum atomic E-state index is -1.18. The quantitative estimate of drug-likeness (QED) is 0.487. The summed E-state index contributed by atoms with van der Waals surface area (Å²) in [5.41, 5.74) is -0.518. The van der Waals surface area contributed by atoms with Crippen LogP contribution in [0.1, 0.15) is 49.3 Å². The average molecular weight is 298 g/mol. The number of hydrogen-bond acceptors (Lipinski definition) is 5. The van der Waals surface area contributed by atoms with Gasteiger partial charge >= 0.3 is 11.7 Å². The number of nitrogens with zero attached hydrogens (tertiary/aromatic N) is 2. The van der Waals surface area contributed by atoms with Gasteiger partial charge in [0.05, 0.1) is 4.92 Å². The second-order valence-electron chi connectivity index (χ2n) is 4.56. The van der Waals surface area contributed by atoms with Crippen molar-refractivity contribution in [2.75, 3.05) is 0 Å². The summed E-state index contributed by atoms with van der Waals surface area (Å²) in [5.74, 6) is -2.04. The van der Waals surface area contributed by atoms with Crippen molar-refractivity contribution in [3.63, 3.8) is 0 Å². The first-order valence-electron chi connectivity index (χ1n) is 6.67. The summed E-state index contributed by atoms with van der Waals surface area (Å²) < 4.78 is 0. The van der Waals surface area contributed by atoms with Gasteiger partial charge in [0.1, 0.15) is 11.7 Å². The van der Waals surface area contributed by atoms with Gasteiger partial charge in [-0.05, 0) is 12.8 Å². The molecule has 21 heavy (non-hydrogen) atoms. The highest BCUT2D eigenvalue weighted by molar-refractivity contribution is 5.98. The normalized spacial score (nSPS) is 11.9. The first-order chi connectivity index (χ1) is 9.92. The van der Waals surface area contributed by atoms with Crippen LogP contribution >= 0.6 is 0 Å². The van der Waals surface area contributed by atoms with Crippen LogP contribution in [-0.4, -0.2) is 38.1 Å². The first-order valence-corrected chi connectivity index (χ1v) is 6.67. The second kappa shape index (κ2) is 7.36. The van der Waals surface area contributed by atoms with Crippen molar-refractivity contribution >= 4 is 17.6 Å². The number of carbonyl (C=O) groups is 2. The van der Waals surface area contributed by atoms with Crippen LogP contribution in [0.3, 0.4) is 0 Å². The number of carboxylic acid groups (broad SMARTS) is 1. The number of nitrogens with one attached hydrogen (secondary N) is 2. The van der Waals surface area contributed by atoms with Gasteiger partial charge in [0, 0.05) is 0 Å². The van der Waals surface area contributed by atoms with E-state index in [1.165, 1.54) is 0 Å². The number of rotatable bonds is 8. The molecule has 0 fully saturated rings. The lowest BCUT2D eigenvalue weighted by Gasteiger charge is -2.12. The molecule has 1 rings (SSSR count). The van der Waals surface area contributed by atoms with Gasteiger partial charge in [0.15, 0.2) is 0 Å². The molecule has 1 atom stereocenters. The Balaban J connectivity index is 3.01. The number of aromatic nitrogens is 2. The number of hydrogen-bond donors (Lipinski definition) is 3. The van der Waals surface area contributed by atoms with Gasteiger partial charge in [-0.2, -0.15) is 5.10 Å². The molecule has 0 spiro atoms. The molecule has 0 saturated heterocycles. The minimum absolute atomic E-state index is 0.237. The van der Waals surface area contributed by atoms with Gasteiger partial charge in [0.25, 0.3) is 5.91 Å². The number of aryl methyl sites for hydroxylation is 1. The Bertz CT molecular complexity index is 540. The molecule has 1 heterocycles. The highest BCUT2D eigenvalue weighted by atomic mass is 16.6. The van der Waals surface area contributed by atoms with Crippen molar-refractivity contribution < 1.29 is 19.6 Å². The minimum Gasteiger partial charge on any atom is -0.480 e. The Morgan fingerprint density at radius 1 is 1.43 bits per heavy atom. The van der Waals surface area contributed by atoms with E-state index in [0.717, 1.165) is 0 Å². The third-order valence-corrected chi connectivity index (χ3v) is 2.89. The van der Waals surface area contributed by atoms with Gasteiger partial charge in [-0.3, -0.25) is 20.0 Å². The number of carboxylic acids is 1. The van der Waals surface area contributed by atoms with Crippen LogP contribution < -0.4 is 5.32 Å². The smallest absolute Gasteiger partial charge is 0.326 e. The molecule has 0 aliphatic carbocycles. The number of amides is 1. The molecule has 0 radical (unpaired) electrons. The van der Waals surface area contributed by atoms with E-state index in [4.69, 9.17) is 5.11 Å². The summed E-state index contributed by atoms with van der Waals surface area (Å²) in [6.45, 7) is 3.62. The molecule has 0 saturated carbocycles. The lowest BCUT2D eigenvalue weighted by molar-refractivity contribution is -0.385. The highest BCUT2D eigenvalue weighted by Crippen LogP contribution is 2.22. The van der Waals surface area contributed by atoms with Crippen LogP contribution in [0, 0.1) is 10.1 Å². The first kappa shape index (κ1) is 16.6. The molecule has 1 aromatic heterocycles. The summed E-state index contributed by atoms with van der Waals surface area (Å²) >= 11 is 0. The van der Waals surface area contributed by atoms with Crippen molar-refractivity contribution in [3.8, 4) is 0 Å². The number of nitro groups is 1. The SMILES string of the molecule is CCCc1[nH]nc(C(=O)NC(CCC)C(=O)O)c1[N+](=O)[O-]. The van der Waals surface area contributed by atoms with E-state index in [0.29, 0.717) is 19.3 Å². The fourth-order valence-corrected chi connectivity index (χ4v) is 1.92. The molecule has 0 aliphatic heterocycles. The summed E-state index contributed by atoms with van der Waals surface area (Å²) in [7, 11) is 0. The summed E-state index contributed by atoms with van der Waals surface area (Å²) in [6.07, 6.45) is 1.83. The molecule has 1 unspecified atom stereocenters. The fourth-order valence-electron chi connectivity index (χ4n) is 1.92. The Labute approximate surface area is 120 Å². The van der Waals surface area contributed by atoms with E-state index >= 15 is 0 Å². The van der Waals surface area contributed by atoms with Crippen molar-refractivity contribution in [1.82, 2.24) is 15.5 Å². The zero-order chi connectivity index (χ0) is 16.0. The standard InChI is InChI=1S/C12H18N4O5/c1-3-5-7-10(16(20)21)9(15-14-7)11(17)13-8(6-4-2)12(18)19/h8H,3-6H2,1-2H3,(H,13,17)(H,14,15)(H,18,19). The largest absolute Gasteiger partial charge is 0.480 e. The van der Waals surface area contributed by atoms with E-state index in [9.17, 15) is 19.7 Å². The summed E-state index contributed by atoms with van der Waals surface area (Å²) in [4.78, 5) is 33.4. The Morgan fingerprint density at radius 2 is 2.10 bits per heavy atom. The van der Waals surface area contributed by atoms with E-state index in [1.807, 2.05) is 6.92 Å². The zero-order valence-electron chi connectivity index (χ0n) is 11.9. The van der Waals surface area contributed by atoms with Crippen LogP contribution in [-0.2, 0) is 11.2 Å². The highest BCUT2D eigenvalue weighted by Gasteiger charge is 2.30. The molecule has 0 aromatic carbocycles. The molecule has 116 valence electrons. The lowest BCUT2D eigenvalue weighted by Crippen LogP contribution is -2.41. The maximum atomic E-state index is 12.0. The van der Waals surface area contributed by atoms with E-state index in [1.54, 1.807) is 6.92 Å². The van der Waals surface area contributed by atoms with E-state index < -0.39 is 28.5 Å². The van der Waals surface area contributed by atoms with E-state index in [2.05, 4.69) is 15.5 Å². The Morgan fingerprint density at radius 3 is 2.57 bits per heavy atom. The Hall–Kier alpha value is -2.45. The molecular formula is C12H18N4O5. The number of aromatic amines is 1. The van der Waals surface area contributed by atoms with Crippen LogP contribution in [0.4, 0.5) is 5.69 Å². The van der Waals surface area contributed by atoms with Gasteiger partial charge in [-0.25, -0.2) is 4.79 Å². The van der Waals surface area contributed by atoms with Gasteiger partial charge in [-0.1, -0.05) is 26.7 Å². The number of carbonyl (C=O) groups excluding carboxylic acids is 1. The third-order valence-electron chi connectivity index (χ3n) is 2.89. The van der Waals surface area contributed by atoms with Crippen LogP contribution in [0.2, 0.25) is 0 Å². The predicted octanol–water partition coefficient (Wildman–Crippen LogP) is 1.25. The molecular weight excluding hydrogens is 280 g/mol. The second-order valence-corrected chi connectivity index (χ2v) is 4.56. The Kier molecular flexibility index (Phi) is 5.82. The monoisotopic (exact) mass is 298 g/mol. The van der Waals surface area contributed by atoms with Crippen molar-refractivity contribution in [2.24, 2.45) is 0 Å². The van der Waals surface area contributed by atoms with Gasteiger partial charge in [-0.15, -0.1) is 0 Å².